The quantitative estimate of drug-likeness (QED) is 0.334. The van der Waals surface area contributed by atoms with E-state index in [1.54, 1.807) is 24.3 Å². The molecule has 0 aliphatic carbocycles. The van der Waals surface area contributed by atoms with Gasteiger partial charge in [0, 0.05) is 13.1 Å². The number of carbonyl (C=O) groups is 2. The minimum absolute atomic E-state index is 0. The molecular formula is C16H17K2NO6+2. The molecule has 7 nitrogen and oxygen atoms in total. The summed E-state index contributed by atoms with van der Waals surface area (Å²) in [6.07, 6.45) is 0. The zero-order chi connectivity index (χ0) is 16.1. The molecule has 2 rings (SSSR count). The number of carboxylic acids is 2. The fraction of sp³-hybridized carbons (Fsp3) is 0.125. The van der Waals surface area contributed by atoms with Gasteiger partial charge in [0.15, 0.2) is 0 Å². The van der Waals surface area contributed by atoms with Crippen molar-refractivity contribution in [2.45, 2.75) is 13.1 Å². The maximum Gasteiger partial charge on any atom is 1.00 e. The van der Waals surface area contributed by atoms with Crippen molar-refractivity contribution in [2.75, 3.05) is 0 Å². The first kappa shape index (κ1) is 27.7. The van der Waals surface area contributed by atoms with E-state index in [0.717, 1.165) is 16.2 Å². The summed E-state index contributed by atoms with van der Waals surface area (Å²) in [6.45, 7) is 0.473. The Labute approximate surface area is 230 Å². The van der Waals surface area contributed by atoms with Gasteiger partial charge in [-0.15, -0.1) is 0 Å². The van der Waals surface area contributed by atoms with Gasteiger partial charge in [-0.1, -0.05) is 24.3 Å². The van der Waals surface area contributed by atoms with E-state index in [0.29, 0.717) is 0 Å². The summed E-state index contributed by atoms with van der Waals surface area (Å²) >= 11 is 0. The Morgan fingerprint density at radius 1 is 0.720 bits per heavy atom. The Bertz CT molecular complexity index is 617. The Hall–Kier alpha value is 0.533. The first-order valence-electron chi connectivity index (χ1n) is 6.54. The van der Waals surface area contributed by atoms with Crippen LogP contribution in [-0.2, 0) is 13.1 Å². The number of benzene rings is 2. The SMILES string of the molecule is O.O=C(O)c1ccc(CN(O)Cc2ccc(C(=O)O)cc2)cc1.[K+].[K+]. The number of carboxylic acid groups (broad SMARTS) is 2. The van der Waals surface area contributed by atoms with Crippen LogP contribution in [0.4, 0.5) is 0 Å². The number of hydroxylamine groups is 2. The number of rotatable bonds is 6. The van der Waals surface area contributed by atoms with E-state index in [-0.39, 0.29) is 132 Å². The van der Waals surface area contributed by atoms with Gasteiger partial charge in [0.1, 0.15) is 0 Å². The van der Waals surface area contributed by atoms with Crippen LogP contribution in [0, 0.1) is 0 Å². The van der Waals surface area contributed by atoms with E-state index >= 15 is 0 Å². The predicted octanol–water partition coefficient (Wildman–Crippen LogP) is -4.34. The third kappa shape index (κ3) is 9.33. The van der Waals surface area contributed by atoms with Crippen molar-refractivity contribution in [3.8, 4) is 0 Å². The fourth-order valence-corrected chi connectivity index (χ4v) is 1.98. The Morgan fingerprint density at radius 2 is 1.00 bits per heavy atom. The van der Waals surface area contributed by atoms with Crippen LogP contribution in [-0.4, -0.2) is 37.9 Å². The summed E-state index contributed by atoms with van der Waals surface area (Å²) in [6, 6.07) is 12.5. The summed E-state index contributed by atoms with van der Waals surface area (Å²) in [7, 11) is 0. The number of aromatic carboxylic acids is 2. The molecule has 0 saturated heterocycles. The minimum Gasteiger partial charge on any atom is -0.478 e. The summed E-state index contributed by atoms with van der Waals surface area (Å²) in [4.78, 5) is 21.5. The summed E-state index contributed by atoms with van der Waals surface area (Å²) in [5, 5.41) is 28.6. The second-order valence-corrected chi connectivity index (χ2v) is 4.83. The number of nitrogens with zero attached hydrogens (tertiary/aromatic N) is 1. The van der Waals surface area contributed by atoms with Crippen LogP contribution in [0.5, 0.6) is 0 Å². The molecule has 2 aromatic rings. The maximum atomic E-state index is 10.7. The van der Waals surface area contributed by atoms with Gasteiger partial charge < -0.3 is 20.9 Å². The van der Waals surface area contributed by atoms with Crippen molar-refractivity contribution in [2.24, 2.45) is 0 Å². The van der Waals surface area contributed by atoms with Crippen LogP contribution in [0.3, 0.4) is 0 Å². The normalized spacial score (nSPS) is 9.36. The van der Waals surface area contributed by atoms with Gasteiger partial charge in [-0.25, -0.2) is 9.59 Å². The van der Waals surface area contributed by atoms with E-state index in [1.807, 2.05) is 0 Å². The van der Waals surface area contributed by atoms with Crippen LogP contribution >= 0.6 is 0 Å². The molecule has 0 unspecified atom stereocenters. The zero-order valence-electron chi connectivity index (χ0n) is 14.1. The van der Waals surface area contributed by atoms with E-state index in [9.17, 15) is 14.8 Å². The monoisotopic (exact) mass is 397 g/mol. The van der Waals surface area contributed by atoms with E-state index in [2.05, 4.69) is 0 Å². The summed E-state index contributed by atoms with van der Waals surface area (Å²) in [5.41, 5.74) is 1.93. The molecule has 0 heterocycles. The molecule has 0 saturated carbocycles. The van der Waals surface area contributed by atoms with Crippen molar-refractivity contribution in [1.82, 2.24) is 5.06 Å². The number of hydrogen-bond acceptors (Lipinski definition) is 4. The average molecular weight is 398 g/mol. The Kier molecular flexibility index (Phi) is 15.2. The van der Waals surface area contributed by atoms with Crippen molar-refractivity contribution in [1.29, 1.82) is 0 Å². The molecule has 0 radical (unpaired) electrons. The summed E-state index contributed by atoms with van der Waals surface area (Å²) in [5.74, 6) is -1.99. The van der Waals surface area contributed by atoms with Gasteiger partial charge in [-0.3, -0.25) is 0 Å². The Balaban J connectivity index is 0. The van der Waals surface area contributed by atoms with Gasteiger partial charge in [0.25, 0.3) is 0 Å². The van der Waals surface area contributed by atoms with E-state index in [1.165, 1.54) is 24.3 Å². The van der Waals surface area contributed by atoms with Crippen molar-refractivity contribution >= 4 is 11.9 Å². The van der Waals surface area contributed by atoms with Crippen LogP contribution in [0.15, 0.2) is 48.5 Å². The molecule has 0 aromatic heterocycles. The zero-order valence-corrected chi connectivity index (χ0v) is 20.4. The van der Waals surface area contributed by atoms with Crippen molar-refractivity contribution in [3.63, 3.8) is 0 Å². The van der Waals surface area contributed by atoms with Crippen LogP contribution in [0.2, 0.25) is 0 Å². The van der Waals surface area contributed by atoms with Crippen LogP contribution in [0.1, 0.15) is 31.8 Å². The standard InChI is InChI=1S/C16H15NO5.2K.H2O/c18-15(19)13-5-1-11(2-6-13)9-17(22)10-12-3-7-14(8-4-12)16(20)21;;;/h1-8,22H,9-10H2,(H,18,19)(H,20,21);;;1H2/q;2*+1;. The maximum absolute atomic E-state index is 10.7. The third-order valence-electron chi connectivity index (χ3n) is 3.13. The molecule has 0 amide bonds. The predicted molar refractivity (Wildman–Crippen MR) is 81.4 cm³/mol. The van der Waals surface area contributed by atoms with E-state index in [4.69, 9.17) is 10.2 Å². The molecule has 0 aliphatic rings. The largest absolute Gasteiger partial charge is 1.00 e. The number of hydrogen-bond donors (Lipinski definition) is 3. The Morgan fingerprint density at radius 3 is 1.24 bits per heavy atom. The van der Waals surface area contributed by atoms with Crippen molar-refractivity contribution < 1.29 is 133 Å². The second kappa shape index (κ2) is 13.7. The fourth-order valence-electron chi connectivity index (χ4n) is 1.98. The minimum atomic E-state index is -0.995. The molecule has 122 valence electrons. The topological polar surface area (TPSA) is 130 Å². The van der Waals surface area contributed by atoms with Gasteiger partial charge >= 0.3 is 115 Å². The molecule has 0 atom stereocenters. The first-order chi connectivity index (χ1) is 10.5. The third-order valence-corrected chi connectivity index (χ3v) is 3.13. The second-order valence-electron chi connectivity index (χ2n) is 4.83. The molecule has 0 aliphatic heterocycles. The van der Waals surface area contributed by atoms with Crippen LogP contribution < -0.4 is 103 Å². The molecule has 2 aromatic carbocycles. The van der Waals surface area contributed by atoms with Gasteiger partial charge in [0.05, 0.1) is 11.1 Å². The van der Waals surface area contributed by atoms with Gasteiger partial charge in [0.2, 0.25) is 0 Å². The molecule has 25 heavy (non-hydrogen) atoms. The van der Waals surface area contributed by atoms with E-state index < -0.39 is 11.9 Å². The average Bonchev–Trinajstić information content (AvgIpc) is 2.48. The molecule has 9 heteroatoms. The molecule has 5 N–H and O–H groups in total. The van der Waals surface area contributed by atoms with Gasteiger partial charge in [-0.05, 0) is 35.4 Å². The summed E-state index contributed by atoms with van der Waals surface area (Å²) < 4.78 is 0. The first-order valence-corrected chi connectivity index (χ1v) is 6.54. The smallest absolute Gasteiger partial charge is 0.478 e. The molecule has 0 fully saturated rings. The molecular weight excluding hydrogens is 380 g/mol. The van der Waals surface area contributed by atoms with Crippen LogP contribution in [0.25, 0.3) is 0 Å². The van der Waals surface area contributed by atoms with Crippen molar-refractivity contribution in [3.05, 3.63) is 70.8 Å². The molecule has 0 spiro atoms. The molecule has 0 bridgehead atoms. The van der Waals surface area contributed by atoms with Gasteiger partial charge in [-0.2, -0.15) is 5.06 Å².